The number of carbonyl (C=O) groups excluding carboxylic acids is 1. The lowest BCUT2D eigenvalue weighted by molar-refractivity contribution is -0.140. The van der Waals surface area contributed by atoms with Crippen LogP contribution in [-0.4, -0.2) is 23.0 Å². The molecule has 1 aromatic carbocycles. The highest BCUT2D eigenvalue weighted by Gasteiger charge is 2.26. The Labute approximate surface area is 129 Å². The van der Waals surface area contributed by atoms with Crippen molar-refractivity contribution in [1.29, 1.82) is 0 Å². The lowest BCUT2D eigenvalue weighted by atomic mass is 10.1. The van der Waals surface area contributed by atoms with E-state index in [2.05, 4.69) is 27.9 Å². The predicted molar refractivity (Wildman–Crippen MR) is 80.3 cm³/mol. The maximum Gasteiger partial charge on any atom is 0.310 e. The van der Waals surface area contributed by atoms with Crippen molar-refractivity contribution in [2.24, 2.45) is 5.92 Å². The van der Waals surface area contributed by atoms with Crippen molar-refractivity contribution in [3.05, 3.63) is 44.5 Å². The highest BCUT2D eigenvalue weighted by molar-refractivity contribution is 14.1. The van der Waals surface area contributed by atoms with Crippen molar-refractivity contribution in [3.63, 3.8) is 0 Å². The Morgan fingerprint density at radius 1 is 1.37 bits per heavy atom. The number of hydrogen-bond donors (Lipinski definition) is 2. The van der Waals surface area contributed by atoms with Crippen LogP contribution in [0, 0.1) is 9.49 Å². The summed E-state index contributed by atoms with van der Waals surface area (Å²) in [6, 6.07) is 4.84. The van der Waals surface area contributed by atoms with Gasteiger partial charge in [0.05, 0.1) is 11.5 Å². The van der Waals surface area contributed by atoms with E-state index in [-0.39, 0.29) is 11.9 Å². The Morgan fingerprint density at radius 3 is 2.74 bits per heavy atom. The molecule has 1 amide bonds. The van der Waals surface area contributed by atoms with Gasteiger partial charge in [0.25, 0.3) is 5.91 Å². The lowest BCUT2D eigenvalue weighted by Gasteiger charge is -2.13. The van der Waals surface area contributed by atoms with Crippen LogP contribution in [-0.2, 0) is 4.79 Å². The fourth-order valence-electron chi connectivity index (χ4n) is 1.91. The molecule has 2 atom stereocenters. The highest BCUT2D eigenvalue weighted by Crippen LogP contribution is 2.21. The third-order valence-electron chi connectivity index (χ3n) is 2.89. The van der Waals surface area contributed by atoms with Crippen LogP contribution in [0.4, 0.5) is 0 Å². The van der Waals surface area contributed by atoms with Gasteiger partial charge in [-0.3, -0.25) is 9.59 Å². The number of carboxylic acid groups (broad SMARTS) is 1. The van der Waals surface area contributed by atoms with E-state index in [9.17, 15) is 9.59 Å². The summed E-state index contributed by atoms with van der Waals surface area (Å²) in [5, 5.41) is 12.2. The van der Waals surface area contributed by atoms with Crippen LogP contribution >= 0.6 is 34.2 Å². The Morgan fingerprint density at radius 2 is 2.11 bits per heavy atom. The molecule has 1 aliphatic rings. The monoisotopic (exact) mass is 391 g/mol. The Balaban J connectivity index is 2.05. The van der Waals surface area contributed by atoms with Gasteiger partial charge in [0.15, 0.2) is 0 Å². The topological polar surface area (TPSA) is 66.4 Å². The number of halogens is 2. The summed E-state index contributed by atoms with van der Waals surface area (Å²) in [5.74, 6) is -1.64. The number of hydrogen-bond acceptors (Lipinski definition) is 2. The normalized spacial score (nSPS) is 21.4. The lowest BCUT2D eigenvalue weighted by Crippen LogP contribution is -2.33. The molecule has 2 N–H and O–H groups in total. The number of aliphatic carboxylic acids is 1. The standard InChI is InChI=1S/C13H11ClINO3/c14-8-2-4-11(15)10(6-8)12(17)16-9-3-1-7(5-9)13(18)19/h1-4,6-7,9H,5H2,(H,16,17)(H,18,19). The molecule has 2 rings (SSSR count). The van der Waals surface area contributed by atoms with Gasteiger partial charge in [-0.15, -0.1) is 0 Å². The van der Waals surface area contributed by atoms with Crippen molar-refractivity contribution in [2.45, 2.75) is 12.5 Å². The maximum absolute atomic E-state index is 12.1. The molecule has 1 aromatic rings. The van der Waals surface area contributed by atoms with Gasteiger partial charge in [0.1, 0.15) is 0 Å². The number of amides is 1. The second-order valence-corrected chi connectivity index (χ2v) is 5.87. The number of benzene rings is 1. The SMILES string of the molecule is O=C(NC1C=CC(C(=O)O)C1)c1cc(Cl)ccc1I. The third-order valence-corrected chi connectivity index (χ3v) is 4.07. The number of nitrogens with one attached hydrogen (secondary N) is 1. The van der Waals surface area contributed by atoms with Crippen LogP contribution in [0.25, 0.3) is 0 Å². The number of carboxylic acids is 1. The van der Waals surface area contributed by atoms with Crippen molar-refractivity contribution in [3.8, 4) is 0 Å². The van der Waals surface area contributed by atoms with Gasteiger partial charge < -0.3 is 10.4 Å². The average molecular weight is 392 g/mol. The predicted octanol–water partition coefficient (Wildman–Crippen LogP) is 2.70. The van der Waals surface area contributed by atoms with Gasteiger partial charge in [0, 0.05) is 14.6 Å². The van der Waals surface area contributed by atoms with Crippen molar-refractivity contribution in [1.82, 2.24) is 5.32 Å². The number of rotatable bonds is 3. The largest absolute Gasteiger partial charge is 0.481 e. The molecule has 0 aliphatic heterocycles. The molecule has 6 heteroatoms. The van der Waals surface area contributed by atoms with E-state index >= 15 is 0 Å². The molecule has 0 radical (unpaired) electrons. The van der Waals surface area contributed by atoms with Crippen LogP contribution in [0.1, 0.15) is 16.8 Å². The fourth-order valence-corrected chi connectivity index (χ4v) is 2.66. The molecule has 19 heavy (non-hydrogen) atoms. The third kappa shape index (κ3) is 3.48. The minimum atomic E-state index is -0.870. The molecular weight excluding hydrogens is 381 g/mol. The molecule has 0 spiro atoms. The zero-order valence-electron chi connectivity index (χ0n) is 9.77. The molecule has 0 saturated carbocycles. The van der Waals surface area contributed by atoms with E-state index in [1.807, 2.05) is 0 Å². The minimum absolute atomic E-state index is 0.243. The first-order valence-corrected chi connectivity index (χ1v) is 7.10. The molecule has 0 aromatic heterocycles. The molecule has 2 unspecified atom stereocenters. The van der Waals surface area contributed by atoms with E-state index in [0.29, 0.717) is 17.0 Å². The van der Waals surface area contributed by atoms with E-state index in [1.165, 1.54) is 0 Å². The fraction of sp³-hybridized carbons (Fsp3) is 0.231. The second kappa shape index (κ2) is 5.92. The second-order valence-electron chi connectivity index (χ2n) is 4.27. The van der Waals surface area contributed by atoms with Crippen molar-refractivity contribution >= 4 is 46.1 Å². The van der Waals surface area contributed by atoms with Crippen molar-refractivity contribution < 1.29 is 14.7 Å². The van der Waals surface area contributed by atoms with Gasteiger partial charge >= 0.3 is 5.97 Å². The summed E-state index contributed by atoms with van der Waals surface area (Å²) in [5.41, 5.74) is 0.500. The van der Waals surface area contributed by atoms with E-state index in [1.54, 1.807) is 30.4 Å². The van der Waals surface area contributed by atoms with Crippen LogP contribution < -0.4 is 5.32 Å². The van der Waals surface area contributed by atoms with Gasteiger partial charge in [0.2, 0.25) is 0 Å². The Kier molecular flexibility index (Phi) is 4.46. The first kappa shape index (κ1) is 14.3. The minimum Gasteiger partial charge on any atom is -0.481 e. The summed E-state index contributed by atoms with van der Waals surface area (Å²) in [4.78, 5) is 22.9. The molecule has 100 valence electrons. The highest BCUT2D eigenvalue weighted by atomic mass is 127. The quantitative estimate of drug-likeness (QED) is 0.615. The van der Waals surface area contributed by atoms with Crippen LogP contribution in [0.15, 0.2) is 30.4 Å². The average Bonchev–Trinajstić information content (AvgIpc) is 2.80. The maximum atomic E-state index is 12.1. The molecule has 0 saturated heterocycles. The van der Waals surface area contributed by atoms with Crippen LogP contribution in [0.2, 0.25) is 5.02 Å². The van der Waals surface area contributed by atoms with Crippen LogP contribution in [0.5, 0.6) is 0 Å². The molecule has 1 aliphatic carbocycles. The molecule has 0 bridgehead atoms. The number of carbonyl (C=O) groups is 2. The van der Waals surface area contributed by atoms with Gasteiger partial charge in [-0.1, -0.05) is 23.8 Å². The molecule has 4 nitrogen and oxygen atoms in total. The smallest absolute Gasteiger partial charge is 0.310 e. The van der Waals surface area contributed by atoms with E-state index in [0.717, 1.165) is 3.57 Å². The summed E-state index contributed by atoms with van der Waals surface area (Å²) in [6.45, 7) is 0. The first-order valence-electron chi connectivity index (χ1n) is 5.64. The Bertz CT molecular complexity index is 559. The molecule has 0 fully saturated rings. The van der Waals surface area contributed by atoms with Gasteiger partial charge in [-0.05, 0) is 47.2 Å². The summed E-state index contributed by atoms with van der Waals surface area (Å²) >= 11 is 7.93. The zero-order valence-corrected chi connectivity index (χ0v) is 12.7. The van der Waals surface area contributed by atoms with Crippen LogP contribution in [0.3, 0.4) is 0 Å². The summed E-state index contributed by atoms with van der Waals surface area (Å²) in [6.07, 6.45) is 3.71. The Hall–Kier alpha value is -1.08. The van der Waals surface area contributed by atoms with E-state index in [4.69, 9.17) is 16.7 Å². The van der Waals surface area contributed by atoms with E-state index < -0.39 is 11.9 Å². The first-order chi connectivity index (χ1) is 8.97. The summed E-state index contributed by atoms with van der Waals surface area (Å²) in [7, 11) is 0. The van der Waals surface area contributed by atoms with Gasteiger partial charge in [-0.2, -0.15) is 0 Å². The van der Waals surface area contributed by atoms with Gasteiger partial charge in [-0.25, -0.2) is 0 Å². The van der Waals surface area contributed by atoms with Crippen molar-refractivity contribution in [2.75, 3.05) is 0 Å². The molecule has 0 heterocycles. The summed E-state index contributed by atoms with van der Waals surface area (Å²) < 4.78 is 0.802. The molecular formula is C13H11ClINO3. The zero-order chi connectivity index (χ0) is 14.0.